The van der Waals surface area contributed by atoms with Crippen LogP contribution in [0.25, 0.3) is 10.9 Å². The van der Waals surface area contributed by atoms with Crippen molar-refractivity contribution in [2.45, 2.75) is 20.0 Å². The van der Waals surface area contributed by atoms with E-state index in [1.54, 1.807) is 0 Å². The summed E-state index contributed by atoms with van der Waals surface area (Å²) >= 11 is 0. The smallest absolute Gasteiger partial charge is 0.303 e. The van der Waals surface area contributed by atoms with Crippen molar-refractivity contribution in [2.24, 2.45) is 0 Å². The van der Waals surface area contributed by atoms with Gasteiger partial charge >= 0.3 is 5.97 Å². The normalized spacial score (nSPS) is 12.4. The zero-order valence-electron chi connectivity index (χ0n) is 9.31. The van der Waals surface area contributed by atoms with Crippen molar-refractivity contribution in [3.8, 4) is 0 Å². The van der Waals surface area contributed by atoms with Crippen LogP contribution < -0.4 is 0 Å². The molecule has 82 valence electrons. The highest BCUT2D eigenvalue weighted by atomic mass is 16.5. The summed E-state index contributed by atoms with van der Waals surface area (Å²) in [6.07, 6.45) is -0.304. The van der Waals surface area contributed by atoms with Crippen molar-refractivity contribution < 1.29 is 9.53 Å². The van der Waals surface area contributed by atoms with Crippen LogP contribution in [0.2, 0.25) is 0 Å². The number of hydrogen-bond donors (Lipinski definition) is 0. The molecule has 0 aliphatic rings. The summed E-state index contributed by atoms with van der Waals surface area (Å²) in [5, 5.41) is 1.08. The second-order valence-corrected chi connectivity index (χ2v) is 3.68. The number of carbonyl (C=O) groups excluding carboxylic acids is 1. The van der Waals surface area contributed by atoms with Gasteiger partial charge in [-0.05, 0) is 19.1 Å². The van der Waals surface area contributed by atoms with Crippen molar-refractivity contribution >= 4 is 16.9 Å². The monoisotopic (exact) mass is 215 g/mol. The van der Waals surface area contributed by atoms with Gasteiger partial charge in [-0.1, -0.05) is 24.3 Å². The van der Waals surface area contributed by atoms with Gasteiger partial charge < -0.3 is 4.74 Å². The highest BCUT2D eigenvalue weighted by molar-refractivity contribution is 5.78. The molecule has 0 amide bonds. The average molecular weight is 215 g/mol. The lowest BCUT2D eigenvalue weighted by atomic mass is 10.1. The van der Waals surface area contributed by atoms with Crippen LogP contribution in [0.4, 0.5) is 0 Å². The van der Waals surface area contributed by atoms with E-state index >= 15 is 0 Å². The summed E-state index contributed by atoms with van der Waals surface area (Å²) in [6.45, 7) is 3.22. The van der Waals surface area contributed by atoms with Crippen LogP contribution in [-0.2, 0) is 9.53 Å². The summed E-state index contributed by atoms with van der Waals surface area (Å²) < 4.78 is 5.08. The number of pyridine rings is 1. The van der Waals surface area contributed by atoms with Crippen molar-refractivity contribution in [1.29, 1.82) is 0 Å². The van der Waals surface area contributed by atoms with E-state index in [1.165, 1.54) is 6.92 Å². The number of rotatable bonds is 2. The number of nitrogens with zero attached hydrogens (tertiary/aromatic N) is 1. The van der Waals surface area contributed by atoms with Gasteiger partial charge in [0.05, 0.1) is 11.2 Å². The molecule has 0 saturated carbocycles. The maximum Gasteiger partial charge on any atom is 0.303 e. The molecule has 2 aromatic rings. The van der Waals surface area contributed by atoms with Crippen LogP contribution in [0.3, 0.4) is 0 Å². The van der Waals surface area contributed by atoms with E-state index < -0.39 is 0 Å². The standard InChI is InChI=1S/C13H13NO2/c1-9(16-10(2)15)12-8-7-11-5-3-4-6-13(11)14-12/h3-9H,1-2H3. The minimum Gasteiger partial charge on any atom is -0.456 e. The molecule has 1 unspecified atom stereocenters. The Bertz CT molecular complexity index is 522. The molecule has 2 rings (SSSR count). The lowest BCUT2D eigenvalue weighted by molar-refractivity contribution is -0.145. The highest BCUT2D eigenvalue weighted by Crippen LogP contribution is 2.18. The lowest BCUT2D eigenvalue weighted by Crippen LogP contribution is -2.06. The molecule has 3 heteroatoms. The van der Waals surface area contributed by atoms with Crippen molar-refractivity contribution in [2.75, 3.05) is 0 Å². The molecule has 1 atom stereocenters. The van der Waals surface area contributed by atoms with Gasteiger partial charge in [0.15, 0.2) is 0 Å². The summed E-state index contributed by atoms with van der Waals surface area (Å²) in [4.78, 5) is 15.3. The van der Waals surface area contributed by atoms with Gasteiger partial charge in [-0.15, -0.1) is 0 Å². The molecule has 0 bridgehead atoms. The zero-order chi connectivity index (χ0) is 11.5. The van der Waals surface area contributed by atoms with Crippen LogP contribution in [0.1, 0.15) is 25.6 Å². The molecular weight excluding hydrogens is 202 g/mol. The number of benzene rings is 1. The van der Waals surface area contributed by atoms with E-state index in [-0.39, 0.29) is 12.1 Å². The summed E-state index contributed by atoms with van der Waals surface area (Å²) in [6, 6.07) is 11.7. The lowest BCUT2D eigenvalue weighted by Gasteiger charge is -2.11. The maximum atomic E-state index is 10.8. The quantitative estimate of drug-likeness (QED) is 0.723. The van der Waals surface area contributed by atoms with Gasteiger partial charge in [-0.25, -0.2) is 4.98 Å². The Morgan fingerprint density at radius 1 is 1.25 bits per heavy atom. The molecule has 0 aliphatic carbocycles. The molecular formula is C13H13NO2. The Balaban J connectivity index is 2.35. The highest BCUT2D eigenvalue weighted by Gasteiger charge is 2.10. The van der Waals surface area contributed by atoms with E-state index in [0.717, 1.165) is 16.6 Å². The predicted molar refractivity (Wildman–Crippen MR) is 61.9 cm³/mol. The molecule has 0 radical (unpaired) electrons. The Kier molecular flexibility index (Phi) is 2.86. The van der Waals surface area contributed by atoms with Crippen LogP contribution in [0.15, 0.2) is 36.4 Å². The first kappa shape index (κ1) is 10.6. The van der Waals surface area contributed by atoms with Gasteiger partial charge in [0.2, 0.25) is 0 Å². The van der Waals surface area contributed by atoms with Gasteiger partial charge in [0.1, 0.15) is 6.10 Å². The molecule has 0 saturated heterocycles. The number of esters is 1. The van der Waals surface area contributed by atoms with Crippen molar-refractivity contribution in [3.63, 3.8) is 0 Å². The molecule has 0 fully saturated rings. The topological polar surface area (TPSA) is 39.2 Å². The Hall–Kier alpha value is -1.90. The number of carbonyl (C=O) groups is 1. The molecule has 1 aromatic heterocycles. The van der Waals surface area contributed by atoms with Crippen LogP contribution >= 0.6 is 0 Å². The Morgan fingerprint density at radius 3 is 2.75 bits per heavy atom. The van der Waals surface area contributed by atoms with Gasteiger partial charge in [-0.2, -0.15) is 0 Å². The fourth-order valence-electron chi connectivity index (χ4n) is 1.62. The van der Waals surface area contributed by atoms with Crippen LogP contribution in [0, 0.1) is 0 Å². The number of fused-ring (bicyclic) bond motifs is 1. The van der Waals surface area contributed by atoms with E-state index in [4.69, 9.17) is 4.74 Å². The van der Waals surface area contributed by atoms with Crippen molar-refractivity contribution in [3.05, 3.63) is 42.1 Å². The predicted octanol–water partition coefficient (Wildman–Crippen LogP) is 2.86. The second kappa shape index (κ2) is 4.31. The minimum absolute atomic E-state index is 0.289. The summed E-state index contributed by atoms with van der Waals surface area (Å²) in [5.74, 6) is -0.289. The van der Waals surface area contributed by atoms with E-state index in [2.05, 4.69) is 4.98 Å². The van der Waals surface area contributed by atoms with Gasteiger partial charge in [-0.3, -0.25) is 4.79 Å². The van der Waals surface area contributed by atoms with E-state index in [1.807, 2.05) is 43.3 Å². The van der Waals surface area contributed by atoms with Gasteiger partial charge in [0.25, 0.3) is 0 Å². The maximum absolute atomic E-state index is 10.8. The number of para-hydroxylation sites is 1. The Labute approximate surface area is 94.1 Å². The SMILES string of the molecule is CC(=O)OC(C)c1ccc2ccccc2n1. The molecule has 1 aromatic carbocycles. The van der Waals surface area contributed by atoms with E-state index in [9.17, 15) is 4.79 Å². The number of hydrogen-bond acceptors (Lipinski definition) is 3. The number of ether oxygens (including phenoxy) is 1. The van der Waals surface area contributed by atoms with Crippen LogP contribution in [-0.4, -0.2) is 11.0 Å². The largest absolute Gasteiger partial charge is 0.456 e. The molecule has 0 aliphatic heterocycles. The first-order valence-electron chi connectivity index (χ1n) is 5.20. The second-order valence-electron chi connectivity index (χ2n) is 3.68. The first-order chi connectivity index (χ1) is 7.66. The molecule has 16 heavy (non-hydrogen) atoms. The number of aromatic nitrogens is 1. The van der Waals surface area contributed by atoms with Gasteiger partial charge in [0, 0.05) is 12.3 Å². The Morgan fingerprint density at radius 2 is 2.00 bits per heavy atom. The van der Waals surface area contributed by atoms with E-state index in [0.29, 0.717) is 0 Å². The molecule has 3 nitrogen and oxygen atoms in total. The first-order valence-corrected chi connectivity index (χ1v) is 5.20. The fraction of sp³-hybridized carbons (Fsp3) is 0.231. The zero-order valence-corrected chi connectivity index (χ0v) is 9.31. The van der Waals surface area contributed by atoms with Crippen LogP contribution in [0.5, 0.6) is 0 Å². The molecule has 0 spiro atoms. The minimum atomic E-state index is -0.304. The average Bonchev–Trinajstić information content (AvgIpc) is 2.27. The molecule has 1 heterocycles. The van der Waals surface area contributed by atoms with Crippen molar-refractivity contribution in [1.82, 2.24) is 4.98 Å². The third-order valence-electron chi connectivity index (χ3n) is 2.38. The fourth-order valence-corrected chi connectivity index (χ4v) is 1.62. The summed E-state index contributed by atoms with van der Waals surface area (Å²) in [7, 11) is 0. The summed E-state index contributed by atoms with van der Waals surface area (Å²) in [5.41, 5.74) is 1.69. The molecule has 0 N–H and O–H groups in total. The third-order valence-corrected chi connectivity index (χ3v) is 2.38. The third kappa shape index (κ3) is 2.19.